The number of amides is 1. The van der Waals surface area contributed by atoms with Gasteiger partial charge in [-0.15, -0.1) is 16.4 Å². The van der Waals surface area contributed by atoms with Crippen LogP contribution < -0.4 is 10.6 Å². The molecule has 2 aromatic heterocycles. The van der Waals surface area contributed by atoms with Crippen LogP contribution in [0, 0.1) is 6.92 Å². The van der Waals surface area contributed by atoms with Gasteiger partial charge in [0.25, 0.3) is 5.91 Å². The third-order valence-corrected chi connectivity index (χ3v) is 6.35. The minimum Gasteiger partial charge on any atom is -0.403 e. The lowest BCUT2D eigenvalue weighted by molar-refractivity contribution is -0.116. The molecule has 0 saturated carbocycles. The maximum Gasteiger partial charge on any atom is 0.317 e. The lowest BCUT2D eigenvalue weighted by atomic mass is 10.0. The summed E-state index contributed by atoms with van der Waals surface area (Å²) in [6.07, 6.45) is -0.956. The average molecular weight is 467 g/mol. The van der Waals surface area contributed by atoms with Crippen LogP contribution in [-0.4, -0.2) is 33.0 Å². The third kappa shape index (κ3) is 3.71. The zero-order valence-corrected chi connectivity index (χ0v) is 18.8. The molecule has 6 rings (SSSR count). The zero-order chi connectivity index (χ0) is 23.1. The molecular weight excluding hydrogens is 448 g/mol. The molecule has 0 spiro atoms. The molecule has 0 radical (unpaired) electrons. The lowest BCUT2D eigenvalue weighted by Gasteiger charge is -2.11. The Labute approximate surface area is 198 Å². The highest BCUT2D eigenvalue weighted by Gasteiger charge is 2.27. The molecule has 3 heterocycles. The molecule has 3 aromatic carbocycles. The number of para-hydroxylation sites is 1. The van der Waals surface area contributed by atoms with Gasteiger partial charge in [0.05, 0.1) is 26.6 Å². The smallest absolute Gasteiger partial charge is 0.317 e. The predicted molar refractivity (Wildman–Crippen MR) is 132 cm³/mol. The Bertz CT molecular complexity index is 1560. The summed E-state index contributed by atoms with van der Waals surface area (Å²) in [5, 5.41) is 15.2. The van der Waals surface area contributed by atoms with Gasteiger partial charge in [-0.25, -0.2) is 9.98 Å². The van der Waals surface area contributed by atoms with Gasteiger partial charge in [-0.2, -0.15) is 0 Å². The minimum absolute atomic E-state index is 0.109. The number of hydrogen-bond donors (Lipinski definition) is 2. The van der Waals surface area contributed by atoms with Gasteiger partial charge in [0, 0.05) is 16.7 Å². The molecule has 0 unspecified atom stereocenters. The average Bonchev–Trinajstić information content (AvgIpc) is 3.44. The maximum absolute atomic E-state index is 13.0. The number of hydrogen-bond acceptors (Lipinski definition) is 8. The van der Waals surface area contributed by atoms with Crippen LogP contribution in [0.4, 0.5) is 11.7 Å². The van der Waals surface area contributed by atoms with Crippen molar-refractivity contribution in [3.63, 3.8) is 0 Å². The van der Waals surface area contributed by atoms with Crippen molar-refractivity contribution in [3.05, 3.63) is 88.9 Å². The monoisotopic (exact) mass is 466 g/mol. The summed E-state index contributed by atoms with van der Waals surface area (Å²) in [6, 6.07) is 23.2. The van der Waals surface area contributed by atoms with Crippen LogP contribution >= 0.6 is 11.3 Å². The van der Waals surface area contributed by atoms with E-state index in [1.807, 2.05) is 79.7 Å². The third-order valence-electron chi connectivity index (χ3n) is 5.42. The van der Waals surface area contributed by atoms with Crippen LogP contribution in [0.3, 0.4) is 0 Å². The highest BCUT2D eigenvalue weighted by molar-refractivity contribution is 7.18. The number of thiazole rings is 1. The molecule has 0 fully saturated rings. The van der Waals surface area contributed by atoms with Crippen molar-refractivity contribution >= 4 is 44.9 Å². The van der Waals surface area contributed by atoms with Crippen LogP contribution in [0.2, 0.25) is 0 Å². The fourth-order valence-electron chi connectivity index (χ4n) is 3.87. The molecular formula is C25H18N6O2S. The molecule has 1 amide bonds. The number of aliphatic imine (C=N–C) groups is 1. The number of carbonyl (C=O) groups excluding carboxylic acids is 1. The van der Waals surface area contributed by atoms with E-state index in [1.165, 1.54) is 0 Å². The van der Waals surface area contributed by atoms with Gasteiger partial charge >= 0.3 is 6.01 Å². The van der Waals surface area contributed by atoms with Crippen molar-refractivity contribution < 1.29 is 9.21 Å². The van der Waals surface area contributed by atoms with Gasteiger partial charge in [-0.05, 0) is 31.2 Å². The maximum atomic E-state index is 13.0. The first-order valence-corrected chi connectivity index (χ1v) is 11.5. The van der Waals surface area contributed by atoms with E-state index in [0.717, 1.165) is 31.9 Å². The highest BCUT2D eigenvalue weighted by Crippen LogP contribution is 2.29. The van der Waals surface area contributed by atoms with Crippen LogP contribution in [-0.2, 0) is 4.79 Å². The lowest BCUT2D eigenvalue weighted by Crippen LogP contribution is -2.32. The summed E-state index contributed by atoms with van der Waals surface area (Å²) in [7, 11) is 0. The first-order chi connectivity index (χ1) is 16.6. The highest BCUT2D eigenvalue weighted by atomic mass is 32.1. The molecule has 1 aliphatic heterocycles. The molecule has 0 saturated heterocycles. The molecule has 0 aliphatic carbocycles. The molecule has 166 valence electrons. The zero-order valence-electron chi connectivity index (χ0n) is 18.0. The van der Waals surface area contributed by atoms with E-state index >= 15 is 0 Å². The Kier molecular flexibility index (Phi) is 4.88. The second-order valence-corrected chi connectivity index (χ2v) is 8.99. The van der Waals surface area contributed by atoms with E-state index in [1.54, 1.807) is 11.3 Å². The Morgan fingerprint density at radius 1 is 0.971 bits per heavy atom. The van der Waals surface area contributed by atoms with Gasteiger partial charge in [-0.3, -0.25) is 4.79 Å². The summed E-state index contributed by atoms with van der Waals surface area (Å²) in [5.41, 5.74) is 4.84. The predicted octanol–water partition coefficient (Wildman–Crippen LogP) is 4.88. The van der Waals surface area contributed by atoms with E-state index in [-0.39, 0.29) is 11.9 Å². The molecule has 5 aromatic rings. The number of carbonyl (C=O) groups is 1. The van der Waals surface area contributed by atoms with E-state index in [0.29, 0.717) is 17.3 Å². The van der Waals surface area contributed by atoms with Crippen LogP contribution in [0.15, 0.2) is 82.2 Å². The second-order valence-electron chi connectivity index (χ2n) is 7.75. The summed E-state index contributed by atoms with van der Waals surface area (Å²) in [4.78, 5) is 22.2. The molecule has 34 heavy (non-hydrogen) atoms. The first kappa shape index (κ1) is 20.3. The van der Waals surface area contributed by atoms with Crippen molar-refractivity contribution in [2.24, 2.45) is 4.99 Å². The number of aromatic nitrogens is 3. The Balaban J connectivity index is 1.34. The number of anilines is 2. The van der Waals surface area contributed by atoms with Gasteiger partial charge in [0.1, 0.15) is 0 Å². The number of nitrogens with zero attached hydrogens (tertiary/aromatic N) is 4. The fourth-order valence-corrected chi connectivity index (χ4v) is 4.74. The Hall–Kier alpha value is -4.37. The van der Waals surface area contributed by atoms with Crippen LogP contribution in [0.25, 0.3) is 21.7 Å². The Morgan fingerprint density at radius 3 is 2.68 bits per heavy atom. The van der Waals surface area contributed by atoms with E-state index in [9.17, 15) is 4.79 Å². The standard InChI is InChI=1S/C25H18N6O2S/c1-14-26-19-12-11-16(13-20(19)34-14)24-30-31-25(33-24)29-22-23(32)27-18-10-6-5-9-17(18)21(28-22)15-7-3-2-4-8-15/h2-13,22H,1H3,(H,27,32)(H,29,31)/t22-/m1/s1. The molecule has 0 bridgehead atoms. The minimum atomic E-state index is -0.956. The first-order valence-electron chi connectivity index (χ1n) is 10.7. The van der Waals surface area contributed by atoms with Gasteiger partial charge in [-0.1, -0.05) is 53.6 Å². The fraction of sp³-hybridized carbons (Fsp3) is 0.0800. The van der Waals surface area contributed by atoms with E-state index in [4.69, 9.17) is 9.41 Å². The summed E-state index contributed by atoms with van der Waals surface area (Å²) in [5.74, 6) is 0.0275. The van der Waals surface area contributed by atoms with E-state index < -0.39 is 6.17 Å². The van der Waals surface area contributed by atoms with Gasteiger partial charge in [0.2, 0.25) is 12.1 Å². The summed E-state index contributed by atoms with van der Waals surface area (Å²) >= 11 is 1.60. The van der Waals surface area contributed by atoms with Crippen molar-refractivity contribution in [1.82, 2.24) is 15.2 Å². The molecule has 9 heteroatoms. The number of benzene rings is 3. The van der Waals surface area contributed by atoms with Gasteiger partial charge < -0.3 is 15.1 Å². The van der Waals surface area contributed by atoms with Gasteiger partial charge in [0.15, 0.2) is 0 Å². The van der Waals surface area contributed by atoms with E-state index in [2.05, 4.69) is 25.8 Å². The number of benzodiazepines with no additional fused rings is 1. The molecule has 8 nitrogen and oxygen atoms in total. The quantitative estimate of drug-likeness (QED) is 0.391. The van der Waals surface area contributed by atoms with Crippen molar-refractivity contribution in [2.45, 2.75) is 13.1 Å². The topological polar surface area (TPSA) is 105 Å². The Morgan fingerprint density at radius 2 is 1.79 bits per heavy atom. The van der Waals surface area contributed by atoms with Crippen LogP contribution in [0.1, 0.15) is 16.1 Å². The van der Waals surface area contributed by atoms with Crippen molar-refractivity contribution in [1.29, 1.82) is 0 Å². The molecule has 1 aliphatic rings. The van der Waals surface area contributed by atoms with Crippen molar-refractivity contribution in [3.8, 4) is 11.5 Å². The number of aryl methyl sites for hydroxylation is 1. The largest absolute Gasteiger partial charge is 0.403 e. The van der Waals surface area contributed by atoms with Crippen molar-refractivity contribution in [2.75, 3.05) is 10.6 Å². The second kappa shape index (κ2) is 8.20. The molecule has 1 atom stereocenters. The number of rotatable bonds is 4. The SMILES string of the molecule is Cc1nc2ccc(-c3nnc(N[C@H]4N=C(c5ccccc5)c5ccccc5NC4=O)o3)cc2s1. The van der Waals surface area contributed by atoms with Crippen LogP contribution in [0.5, 0.6) is 0 Å². The number of fused-ring (bicyclic) bond motifs is 2. The summed E-state index contributed by atoms with van der Waals surface area (Å²) in [6.45, 7) is 1.97. The summed E-state index contributed by atoms with van der Waals surface area (Å²) < 4.78 is 6.88. The number of nitrogens with one attached hydrogen (secondary N) is 2. The molecule has 2 N–H and O–H groups in total. The normalized spacial score (nSPS) is 15.4.